The first kappa shape index (κ1) is 14.6. The van der Waals surface area contributed by atoms with Crippen LogP contribution in [-0.2, 0) is 13.1 Å². The lowest BCUT2D eigenvalue weighted by Gasteiger charge is -2.18. The van der Waals surface area contributed by atoms with Crippen LogP contribution in [-0.4, -0.2) is 28.0 Å². The largest absolute Gasteiger partial charge is 0.365 e. The van der Waals surface area contributed by atoms with E-state index in [2.05, 4.69) is 55.9 Å². The maximum atomic E-state index is 4.40. The highest BCUT2D eigenvalue weighted by Crippen LogP contribution is 2.24. The highest BCUT2D eigenvalue weighted by Gasteiger charge is 2.13. The average Bonchev–Trinajstić information content (AvgIpc) is 3.25. The minimum atomic E-state index is 0.798. The van der Waals surface area contributed by atoms with E-state index in [0.717, 1.165) is 29.1 Å². The van der Waals surface area contributed by atoms with Crippen molar-refractivity contribution in [3.8, 4) is 0 Å². The van der Waals surface area contributed by atoms with Crippen molar-refractivity contribution < 1.29 is 0 Å². The fraction of sp³-hybridized carbons (Fsp3) is 0.333. The van der Waals surface area contributed by atoms with Gasteiger partial charge < -0.3 is 5.32 Å². The summed E-state index contributed by atoms with van der Waals surface area (Å²) in [6, 6.07) is 10.8. The molecule has 0 bridgehead atoms. The van der Waals surface area contributed by atoms with Crippen molar-refractivity contribution in [2.75, 3.05) is 18.4 Å². The number of aromatic nitrogens is 2. The van der Waals surface area contributed by atoms with E-state index in [9.17, 15) is 0 Å². The molecule has 5 heteroatoms. The fourth-order valence-corrected chi connectivity index (χ4v) is 3.91. The van der Waals surface area contributed by atoms with Gasteiger partial charge in [-0.2, -0.15) is 0 Å². The predicted molar refractivity (Wildman–Crippen MR) is 95.7 cm³/mol. The molecule has 1 aromatic carbocycles. The van der Waals surface area contributed by atoms with Crippen LogP contribution in [0.4, 0.5) is 5.82 Å². The average molecular weight is 324 g/mol. The monoisotopic (exact) mass is 324 g/mol. The van der Waals surface area contributed by atoms with Gasteiger partial charge in [0.1, 0.15) is 17.0 Å². The first-order chi connectivity index (χ1) is 11.4. The lowest BCUT2D eigenvalue weighted by atomic mass is 10.1. The molecule has 0 aliphatic carbocycles. The third kappa shape index (κ3) is 3.21. The SMILES string of the molecule is c1ccc(CN2CCCC2)c(CNc2ncnc3sccc23)c1. The Bertz CT molecular complexity index is 792. The number of likely N-dealkylation sites (tertiary alicyclic amines) is 1. The normalized spacial score (nSPS) is 15.3. The first-order valence-electron chi connectivity index (χ1n) is 8.11. The standard InChI is InChI=1S/C18H20N4S/c1-2-6-15(12-22-8-3-4-9-22)14(5-1)11-19-17-16-7-10-23-18(16)21-13-20-17/h1-2,5-7,10,13H,3-4,8-9,11-12H2,(H,19,20,21). The maximum Gasteiger partial charge on any atom is 0.138 e. The summed E-state index contributed by atoms with van der Waals surface area (Å²) < 4.78 is 0. The number of fused-ring (bicyclic) bond motifs is 1. The summed E-state index contributed by atoms with van der Waals surface area (Å²) in [5.74, 6) is 0.923. The number of hydrogen-bond donors (Lipinski definition) is 1. The molecule has 118 valence electrons. The fourth-order valence-electron chi connectivity index (χ4n) is 3.18. The van der Waals surface area contributed by atoms with Gasteiger partial charge in [-0.1, -0.05) is 24.3 Å². The topological polar surface area (TPSA) is 41.0 Å². The zero-order valence-electron chi connectivity index (χ0n) is 13.0. The van der Waals surface area contributed by atoms with Gasteiger partial charge in [0.25, 0.3) is 0 Å². The smallest absolute Gasteiger partial charge is 0.138 e. The number of rotatable bonds is 5. The molecule has 23 heavy (non-hydrogen) atoms. The summed E-state index contributed by atoms with van der Waals surface area (Å²) in [6.07, 6.45) is 4.30. The molecule has 3 heterocycles. The predicted octanol–water partition coefficient (Wildman–Crippen LogP) is 3.90. The highest BCUT2D eigenvalue weighted by atomic mass is 32.1. The molecule has 1 N–H and O–H groups in total. The molecular weight excluding hydrogens is 304 g/mol. The van der Waals surface area contributed by atoms with Gasteiger partial charge in [-0.05, 0) is 48.5 Å². The second-order valence-electron chi connectivity index (χ2n) is 5.97. The molecule has 1 fully saturated rings. The zero-order chi connectivity index (χ0) is 15.5. The minimum Gasteiger partial charge on any atom is -0.365 e. The second kappa shape index (κ2) is 6.64. The van der Waals surface area contributed by atoms with Gasteiger partial charge in [0.05, 0.1) is 5.39 Å². The Morgan fingerprint density at radius 1 is 1.04 bits per heavy atom. The van der Waals surface area contributed by atoms with E-state index in [4.69, 9.17) is 0 Å². The van der Waals surface area contributed by atoms with E-state index >= 15 is 0 Å². The summed E-state index contributed by atoms with van der Waals surface area (Å²) in [5.41, 5.74) is 2.76. The van der Waals surface area contributed by atoms with E-state index < -0.39 is 0 Å². The third-order valence-corrected chi connectivity index (χ3v) is 5.24. The van der Waals surface area contributed by atoms with Crippen molar-refractivity contribution >= 4 is 27.4 Å². The van der Waals surface area contributed by atoms with E-state index in [1.54, 1.807) is 17.7 Å². The molecule has 0 saturated carbocycles. The molecule has 4 nitrogen and oxygen atoms in total. The molecule has 0 unspecified atom stereocenters. The van der Waals surface area contributed by atoms with Crippen LogP contribution in [0.5, 0.6) is 0 Å². The summed E-state index contributed by atoms with van der Waals surface area (Å²) >= 11 is 1.65. The Labute approximate surface area is 140 Å². The quantitative estimate of drug-likeness (QED) is 0.773. The number of nitrogens with one attached hydrogen (secondary N) is 1. The molecule has 0 atom stereocenters. The number of nitrogens with zero attached hydrogens (tertiary/aromatic N) is 3. The molecule has 2 aromatic heterocycles. The third-order valence-electron chi connectivity index (χ3n) is 4.42. The molecule has 0 spiro atoms. The van der Waals surface area contributed by atoms with Crippen molar-refractivity contribution in [3.05, 3.63) is 53.2 Å². The Kier molecular flexibility index (Phi) is 4.22. The minimum absolute atomic E-state index is 0.798. The van der Waals surface area contributed by atoms with Crippen LogP contribution in [0, 0.1) is 0 Å². The van der Waals surface area contributed by atoms with E-state index in [1.165, 1.54) is 37.1 Å². The number of hydrogen-bond acceptors (Lipinski definition) is 5. The van der Waals surface area contributed by atoms with Crippen LogP contribution in [0.1, 0.15) is 24.0 Å². The zero-order valence-corrected chi connectivity index (χ0v) is 13.9. The van der Waals surface area contributed by atoms with Gasteiger partial charge in [0.2, 0.25) is 0 Å². The first-order valence-corrected chi connectivity index (χ1v) is 8.99. The van der Waals surface area contributed by atoms with Crippen molar-refractivity contribution in [1.29, 1.82) is 0 Å². The molecule has 1 aliphatic heterocycles. The molecule has 1 aliphatic rings. The summed E-state index contributed by atoms with van der Waals surface area (Å²) in [4.78, 5) is 12.3. The molecule has 0 radical (unpaired) electrons. The molecule has 1 saturated heterocycles. The van der Waals surface area contributed by atoms with E-state index in [0.29, 0.717) is 0 Å². The Morgan fingerprint density at radius 3 is 2.74 bits per heavy atom. The van der Waals surface area contributed by atoms with Crippen LogP contribution in [0.25, 0.3) is 10.2 Å². The molecular formula is C18H20N4S. The summed E-state index contributed by atoms with van der Waals surface area (Å²) in [5, 5.41) is 6.66. The van der Waals surface area contributed by atoms with Crippen molar-refractivity contribution in [1.82, 2.24) is 14.9 Å². The van der Waals surface area contributed by atoms with Gasteiger partial charge in [-0.3, -0.25) is 4.90 Å². The number of benzene rings is 1. The van der Waals surface area contributed by atoms with Gasteiger partial charge >= 0.3 is 0 Å². The van der Waals surface area contributed by atoms with Gasteiger partial charge in [-0.25, -0.2) is 9.97 Å². The molecule has 3 aromatic rings. The molecule has 0 amide bonds. The van der Waals surface area contributed by atoms with E-state index in [1.807, 2.05) is 0 Å². The second-order valence-corrected chi connectivity index (χ2v) is 6.86. The summed E-state index contributed by atoms with van der Waals surface area (Å²) in [6.45, 7) is 4.30. The molecule has 4 rings (SSSR count). The van der Waals surface area contributed by atoms with Gasteiger partial charge in [0, 0.05) is 13.1 Å². The van der Waals surface area contributed by atoms with Crippen LogP contribution < -0.4 is 5.32 Å². The Morgan fingerprint density at radius 2 is 1.87 bits per heavy atom. The summed E-state index contributed by atoms with van der Waals surface area (Å²) in [7, 11) is 0. The van der Waals surface area contributed by atoms with Crippen LogP contribution >= 0.6 is 11.3 Å². The van der Waals surface area contributed by atoms with Crippen molar-refractivity contribution in [2.45, 2.75) is 25.9 Å². The van der Waals surface area contributed by atoms with Crippen LogP contribution in [0.2, 0.25) is 0 Å². The van der Waals surface area contributed by atoms with Gasteiger partial charge in [0.15, 0.2) is 0 Å². The lowest BCUT2D eigenvalue weighted by molar-refractivity contribution is 0.330. The number of thiophene rings is 1. The maximum absolute atomic E-state index is 4.40. The van der Waals surface area contributed by atoms with Crippen molar-refractivity contribution in [3.63, 3.8) is 0 Å². The Hall–Kier alpha value is -1.98. The number of anilines is 1. The van der Waals surface area contributed by atoms with E-state index in [-0.39, 0.29) is 0 Å². The highest BCUT2D eigenvalue weighted by molar-refractivity contribution is 7.16. The Balaban J connectivity index is 1.51. The van der Waals surface area contributed by atoms with Gasteiger partial charge in [-0.15, -0.1) is 11.3 Å². The van der Waals surface area contributed by atoms with Crippen LogP contribution in [0.15, 0.2) is 42.0 Å². The van der Waals surface area contributed by atoms with Crippen LogP contribution in [0.3, 0.4) is 0 Å². The lowest BCUT2D eigenvalue weighted by Crippen LogP contribution is -2.19. The van der Waals surface area contributed by atoms with Crippen molar-refractivity contribution in [2.24, 2.45) is 0 Å².